The molecule has 0 bridgehead atoms. The third kappa shape index (κ3) is 3.16. The minimum atomic E-state index is 0.539. The maximum absolute atomic E-state index is 8.77. The van der Waals surface area contributed by atoms with Gasteiger partial charge in [0, 0.05) is 23.0 Å². The minimum absolute atomic E-state index is 0.539. The lowest BCUT2D eigenvalue weighted by Gasteiger charge is -1.98. The van der Waals surface area contributed by atoms with E-state index >= 15 is 0 Å². The van der Waals surface area contributed by atoms with Crippen LogP contribution in [-0.4, -0.2) is 9.38 Å². The molecule has 3 nitrogen and oxygen atoms in total. The van der Waals surface area contributed by atoms with Crippen molar-refractivity contribution in [3.63, 3.8) is 0 Å². The van der Waals surface area contributed by atoms with Crippen LogP contribution in [0.3, 0.4) is 0 Å². The van der Waals surface area contributed by atoms with Crippen LogP contribution < -0.4 is 0 Å². The highest BCUT2D eigenvalue weighted by molar-refractivity contribution is 7.98. The van der Waals surface area contributed by atoms with E-state index in [1.54, 1.807) is 24.0 Å². The molecule has 0 aliphatic rings. The third-order valence-corrected chi connectivity index (χ3v) is 4.42. The fourth-order valence-corrected chi connectivity index (χ4v) is 3.24. The van der Waals surface area contributed by atoms with Gasteiger partial charge < -0.3 is 4.40 Å². The topological polar surface area (TPSA) is 41.1 Å². The van der Waals surface area contributed by atoms with Crippen LogP contribution in [0.15, 0.2) is 47.6 Å². The highest BCUT2D eigenvalue weighted by Crippen LogP contribution is 2.26. The molecular weight excluding hydrogens is 325 g/mol. The first kappa shape index (κ1) is 14.3. The number of nitrogens with zero attached hydrogens (tertiary/aromatic N) is 3. The second kappa shape index (κ2) is 5.98. The molecule has 2 aromatic heterocycles. The number of thioether (sulfide) groups is 1. The summed E-state index contributed by atoms with van der Waals surface area (Å²) < 4.78 is 1.83. The van der Waals surface area contributed by atoms with E-state index in [0.29, 0.717) is 21.3 Å². The van der Waals surface area contributed by atoms with Crippen molar-refractivity contribution in [3.05, 3.63) is 64.0 Å². The lowest BCUT2D eigenvalue weighted by molar-refractivity contribution is 1.18. The van der Waals surface area contributed by atoms with Crippen molar-refractivity contribution >= 4 is 40.6 Å². The normalized spacial score (nSPS) is 10.7. The zero-order chi connectivity index (χ0) is 14.8. The van der Waals surface area contributed by atoms with Crippen LogP contribution in [-0.2, 0) is 5.75 Å². The Morgan fingerprint density at radius 2 is 1.95 bits per heavy atom. The lowest BCUT2D eigenvalue weighted by atomic mass is 10.2. The molecule has 0 aliphatic heterocycles. The number of nitriles is 1. The summed E-state index contributed by atoms with van der Waals surface area (Å²) in [4.78, 5) is 5.59. The molecular formula is C15H9Cl2N3S. The molecule has 0 aliphatic carbocycles. The maximum atomic E-state index is 8.77. The molecule has 1 aromatic carbocycles. The highest BCUT2D eigenvalue weighted by atomic mass is 35.5. The number of hydrogen-bond acceptors (Lipinski definition) is 3. The highest BCUT2D eigenvalue weighted by Gasteiger charge is 2.07. The Morgan fingerprint density at radius 3 is 2.67 bits per heavy atom. The van der Waals surface area contributed by atoms with Crippen molar-refractivity contribution in [2.75, 3.05) is 0 Å². The summed E-state index contributed by atoms with van der Waals surface area (Å²) in [6, 6.07) is 11.3. The second-order valence-corrected chi connectivity index (χ2v) is 6.29. The van der Waals surface area contributed by atoms with E-state index in [2.05, 4.69) is 11.1 Å². The Balaban J connectivity index is 1.78. The quantitative estimate of drug-likeness (QED) is 0.646. The van der Waals surface area contributed by atoms with Crippen LogP contribution in [0.25, 0.3) is 5.65 Å². The van der Waals surface area contributed by atoms with E-state index < -0.39 is 0 Å². The largest absolute Gasteiger partial charge is 0.304 e. The fourth-order valence-electron chi connectivity index (χ4n) is 1.93. The fraction of sp³-hybridized carbons (Fsp3) is 0.0667. The van der Waals surface area contributed by atoms with Gasteiger partial charge in [0.25, 0.3) is 0 Å². The number of rotatable bonds is 3. The molecule has 3 rings (SSSR count). The molecule has 0 N–H and O–H groups in total. The van der Waals surface area contributed by atoms with E-state index in [-0.39, 0.29) is 0 Å². The molecule has 3 aromatic rings. The van der Waals surface area contributed by atoms with Crippen LogP contribution >= 0.6 is 35.0 Å². The zero-order valence-corrected chi connectivity index (χ0v) is 13.1. The Bertz CT molecular complexity index is 834. The van der Waals surface area contributed by atoms with Crippen molar-refractivity contribution in [1.82, 2.24) is 9.38 Å². The molecule has 0 radical (unpaired) electrons. The van der Waals surface area contributed by atoms with E-state index in [9.17, 15) is 0 Å². The van der Waals surface area contributed by atoms with Gasteiger partial charge in [0.2, 0.25) is 0 Å². The number of imidazole rings is 1. The minimum Gasteiger partial charge on any atom is -0.304 e. The Morgan fingerprint density at radius 1 is 1.19 bits per heavy atom. The lowest BCUT2D eigenvalue weighted by Crippen LogP contribution is -1.82. The summed E-state index contributed by atoms with van der Waals surface area (Å²) in [5.74, 6) is 0.724. The summed E-state index contributed by atoms with van der Waals surface area (Å²) in [6.45, 7) is 0. The molecule has 0 saturated carbocycles. The molecule has 6 heteroatoms. The van der Waals surface area contributed by atoms with Gasteiger partial charge in [-0.1, -0.05) is 23.2 Å². The predicted molar refractivity (Wildman–Crippen MR) is 85.9 cm³/mol. The van der Waals surface area contributed by atoms with E-state index in [1.807, 2.05) is 34.9 Å². The van der Waals surface area contributed by atoms with Gasteiger partial charge in [-0.15, -0.1) is 11.8 Å². The average Bonchev–Trinajstić information content (AvgIpc) is 2.89. The first-order valence-corrected chi connectivity index (χ1v) is 7.85. The smallest absolute Gasteiger partial charge is 0.155 e. The summed E-state index contributed by atoms with van der Waals surface area (Å²) in [5, 5.41) is 9.89. The van der Waals surface area contributed by atoms with E-state index in [0.717, 1.165) is 16.3 Å². The number of aromatic nitrogens is 2. The van der Waals surface area contributed by atoms with Crippen molar-refractivity contribution < 1.29 is 0 Å². The number of fused-ring (bicyclic) bond motifs is 1. The average molecular weight is 334 g/mol. The van der Waals surface area contributed by atoms with Gasteiger partial charge in [0.15, 0.2) is 5.65 Å². The second-order valence-electron chi connectivity index (χ2n) is 4.39. The molecule has 21 heavy (non-hydrogen) atoms. The predicted octanol–water partition coefficient (Wildman–Crippen LogP) is 4.81. The van der Waals surface area contributed by atoms with Crippen molar-refractivity contribution in [1.29, 1.82) is 5.26 Å². The van der Waals surface area contributed by atoms with Crippen LogP contribution in [0.5, 0.6) is 0 Å². The Kier molecular flexibility index (Phi) is 4.07. The molecule has 0 saturated heterocycles. The number of pyridine rings is 1. The summed E-state index contributed by atoms with van der Waals surface area (Å²) >= 11 is 13.7. The van der Waals surface area contributed by atoms with Crippen LogP contribution in [0.2, 0.25) is 10.0 Å². The van der Waals surface area contributed by atoms with Crippen molar-refractivity contribution in [2.24, 2.45) is 0 Å². The number of halogens is 2. The summed E-state index contributed by atoms with van der Waals surface area (Å²) in [6.07, 6.45) is 3.70. The van der Waals surface area contributed by atoms with Crippen LogP contribution in [0, 0.1) is 11.3 Å². The maximum Gasteiger partial charge on any atom is 0.155 e. The molecule has 0 unspecified atom stereocenters. The first-order valence-electron chi connectivity index (χ1n) is 6.11. The Hall–Kier alpha value is -1.67. The van der Waals surface area contributed by atoms with Gasteiger partial charge in [-0.05, 0) is 30.3 Å². The molecule has 0 amide bonds. The van der Waals surface area contributed by atoms with Gasteiger partial charge >= 0.3 is 0 Å². The monoisotopic (exact) mass is 333 g/mol. The van der Waals surface area contributed by atoms with Crippen molar-refractivity contribution in [3.8, 4) is 6.07 Å². The van der Waals surface area contributed by atoms with Crippen LogP contribution in [0.1, 0.15) is 11.3 Å². The van der Waals surface area contributed by atoms with E-state index in [4.69, 9.17) is 28.5 Å². The SMILES string of the molecule is N#Cc1ccc(SCc2cn3cc(Cl)cc(Cl)c3n2)cc1. The van der Waals surface area contributed by atoms with Gasteiger partial charge in [0.05, 0.1) is 27.4 Å². The molecule has 0 spiro atoms. The van der Waals surface area contributed by atoms with Gasteiger partial charge in [-0.3, -0.25) is 0 Å². The summed E-state index contributed by atoms with van der Waals surface area (Å²) in [7, 11) is 0. The third-order valence-electron chi connectivity index (χ3n) is 2.89. The van der Waals surface area contributed by atoms with Gasteiger partial charge in [0.1, 0.15) is 0 Å². The Labute approximate surface area is 136 Å². The summed E-state index contributed by atoms with van der Waals surface area (Å²) in [5.41, 5.74) is 2.29. The van der Waals surface area contributed by atoms with Crippen LogP contribution in [0.4, 0.5) is 0 Å². The zero-order valence-electron chi connectivity index (χ0n) is 10.8. The number of benzene rings is 1. The van der Waals surface area contributed by atoms with Gasteiger partial charge in [-0.2, -0.15) is 5.26 Å². The van der Waals surface area contributed by atoms with Gasteiger partial charge in [-0.25, -0.2) is 4.98 Å². The molecule has 104 valence electrons. The molecule has 0 fully saturated rings. The first-order chi connectivity index (χ1) is 10.2. The molecule has 2 heterocycles. The standard InChI is InChI=1S/C15H9Cl2N3S/c16-11-5-14(17)15-19-12(8-20(15)7-11)9-21-13-3-1-10(6-18)2-4-13/h1-5,7-8H,9H2. The van der Waals surface area contributed by atoms with Crippen molar-refractivity contribution in [2.45, 2.75) is 10.6 Å². The number of hydrogen-bond donors (Lipinski definition) is 0. The van der Waals surface area contributed by atoms with E-state index in [1.165, 1.54) is 0 Å². The molecule has 0 atom stereocenters.